The molecule has 0 saturated heterocycles. The van der Waals surface area contributed by atoms with E-state index < -0.39 is 47.1 Å². The molecule has 0 aliphatic carbocycles. The minimum absolute atomic E-state index is 0.125. The Balaban J connectivity index is 1.50. The number of hydrogen-bond donors (Lipinski definition) is 2. The molecule has 0 aliphatic rings. The van der Waals surface area contributed by atoms with Gasteiger partial charge in [0.15, 0.2) is 17.4 Å². The predicted molar refractivity (Wildman–Crippen MR) is 150 cm³/mol. The Morgan fingerprint density at radius 2 is 1.91 bits per heavy atom. The van der Waals surface area contributed by atoms with Gasteiger partial charge >= 0.3 is 12.1 Å². The van der Waals surface area contributed by atoms with E-state index in [-0.39, 0.29) is 18.8 Å². The molecule has 1 amide bonds. The van der Waals surface area contributed by atoms with Crippen molar-refractivity contribution >= 4 is 12.1 Å². The van der Waals surface area contributed by atoms with Gasteiger partial charge in [0, 0.05) is 30.4 Å². The Hall–Kier alpha value is -4.88. The maximum atomic E-state index is 15.0. The van der Waals surface area contributed by atoms with Gasteiger partial charge in [-0.3, -0.25) is 9.89 Å². The summed E-state index contributed by atoms with van der Waals surface area (Å²) >= 11 is 0. The third-order valence-electron chi connectivity index (χ3n) is 6.19. The predicted octanol–water partition coefficient (Wildman–Crippen LogP) is 5.15. The van der Waals surface area contributed by atoms with Crippen molar-refractivity contribution in [2.45, 2.75) is 59.1 Å². The summed E-state index contributed by atoms with van der Waals surface area (Å²) < 4.78 is 46.9. The van der Waals surface area contributed by atoms with Crippen molar-refractivity contribution in [3.8, 4) is 28.6 Å². The van der Waals surface area contributed by atoms with Crippen LogP contribution in [0.25, 0.3) is 16.9 Å². The molecule has 3 aromatic heterocycles. The summed E-state index contributed by atoms with van der Waals surface area (Å²) in [4.78, 5) is 29.2. The van der Waals surface area contributed by atoms with Gasteiger partial charge in [-0.15, -0.1) is 5.10 Å². The Labute approximate surface area is 246 Å². The summed E-state index contributed by atoms with van der Waals surface area (Å²) in [6, 6.07) is 6.13. The number of hydrogen-bond acceptors (Lipinski definition) is 9. The number of nitrogens with zero attached hydrogens (tertiary/aromatic N) is 5. The summed E-state index contributed by atoms with van der Waals surface area (Å²) in [7, 11) is 0. The third kappa shape index (κ3) is 8.11. The van der Waals surface area contributed by atoms with Crippen LogP contribution in [0.2, 0.25) is 0 Å². The van der Waals surface area contributed by atoms with Crippen molar-refractivity contribution in [3.63, 3.8) is 0 Å². The van der Waals surface area contributed by atoms with Crippen molar-refractivity contribution in [1.82, 2.24) is 35.5 Å². The molecule has 0 bridgehead atoms. The van der Waals surface area contributed by atoms with Gasteiger partial charge in [0.1, 0.15) is 5.60 Å². The first kappa shape index (κ1) is 31.1. The Bertz CT molecular complexity index is 1550. The number of alkyl carbamates (subject to hydrolysis) is 1. The number of ether oxygens (including phenoxy) is 3. The highest BCUT2D eigenvalue weighted by Crippen LogP contribution is 2.29. The van der Waals surface area contributed by atoms with Crippen LogP contribution in [0, 0.1) is 17.6 Å². The lowest BCUT2D eigenvalue weighted by Crippen LogP contribution is -2.47. The van der Waals surface area contributed by atoms with E-state index in [9.17, 15) is 14.0 Å². The largest absolute Gasteiger partial charge is 0.466 e. The molecular weight excluding hydrogens is 564 g/mol. The van der Waals surface area contributed by atoms with E-state index in [0.29, 0.717) is 29.1 Å². The molecule has 3 heterocycles. The van der Waals surface area contributed by atoms with E-state index in [1.807, 2.05) is 6.92 Å². The van der Waals surface area contributed by atoms with Crippen molar-refractivity contribution in [1.29, 1.82) is 0 Å². The lowest BCUT2D eigenvalue weighted by atomic mass is 9.93. The zero-order valence-corrected chi connectivity index (χ0v) is 24.4. The molecule has 0 fully saturated rings. The fraction of sp³-hybridized carbons (Fsp3) is 0.379. The van der Waals surface area contributed by atoms with Crippen molar-refractivity contribution < 1.29 is 32.6 Å². The first-order valence-electron chi connectivity index (χ1n) is 13.7. The van der Waals surface area contributed by atoms with Crippen LogP contribution in [-0.2, 0) is 20.7 Å². The highest BCUT2D eigenvalue weighted by Gasteiger charge is 2.32. The lowest BCUT2D eigenvalue weighted by Gasteiger charge is -2.27. The van der Waals surface area contributed by atoms with Crippen LogP contribution in [0.1, 0.15) is 46.7 Å². The zero-order chi connectivity index (χ0) is 31.1. The topological polar surface area (TPSA) is 146 Å². The lowest BCUT2D eigenvalue weighted by molar-refractivity contribution is -0.149. The van der Waals surface area contributed by atoms with Crippen LogP contribution in [0.3, 0.4) is 0 Å². The van der Waals surface area contributed by atoms with Crippen molar-refractivity contribution in [2.75, 3.05) is 6.61 Å². The number of nitrogens with one attached hydrogen (secondary N) is 2. The number of rotatable bonds is 11. The number of carbonyl (C=O) groups is 2. The van der Waals surface area contributed by atoms with Crippen LogP contribution in [0.5, 0.6) is 11.6 Å². The summed E-state index contributed by atoms with van der Waals surface area (Å²) in [6.45, 7) is 8.90. The maximum absolute atomic E-state index is 15.0. The minimum atomic E-state index is -0.786. The molecule has 4 aromatic rings. The number of benzene rings is 1. The first-order valence-corrected chi connectivity index (χ1v) is 13.7. The summed E-state index contributed by atoms with van der Waals surface area (Å²) in [5.74, 6) is -3.34. The van der Waals surface area contributed by atoms with Gasteiger partial charge in [0.25, 0.3) is 5.88 Å². The van der Waals surface area contributed by atoms with Crippen molar-refractivity contribution in [3.05, 3.63) is 66.3 Å². The fourth-order valence-corrected chi connectivity index (χ4v) is 4.24. The number of carbonyl (C=O) groups excluding carboxylic acids is 2. The molecule has 2 N–H and O–H groups in total. The highest BCUT2D eigenvalue weighted by molar-refractivity contribution is 5.75. The number of halogens is 2. The monoisotopic (exact) mass is 597 g/mol. The quantitative estimate of drug-likeness (QED) is 0.224. The Morgan fingerprint density at radius 3 is 2.53 bits per heavy atom. The molecular formula is C29H33F2N7O5. The Kier molecular flexibility index (Phi) is 9.68. The average molecular weight is 598 g/mol. The number of H-pyrrole nitrogens is 1. The van der Waals surface area contributed by atoms with Crippen LogP contribution < -0.4 is 10.1 Å². The number of amides is 1. The highest BCUT2D eigenvalue weighted by atomic mass is 19.1. The van der Waals surface area contributed by atoms with E-state index in [0.717, 1.165) is 6.07 Å². The van der Waals surface area contributed by atoms with Crippen LogP contribution >= 0.6 is 0 Å². The fourth-order valence-electron chi connectivity index (χ4n) is 4.24. The van der Waals surface area contributed by atoms with E-state index in [4.69, 9.17) is 14.2 Å². The molecule has 1 aromatic carbocycles. The molecule has 0 saturated carbocycles. The molecule has 0 spiro atoms. The van der Waals surface area contributed by atoms with Crippen LogP contribution in [0.4, 0.5) is 13.6 Å². The minimum Gasteiger partial charge on any atom is -0.466 e. The molecule has 2 atom stereocenters. The summed E-state index contributed by atoms with van der Waals surface area (Å²) in [5.41, 5.74) is 1.01. The summed E-state index contributed by atoms with van der Waals surface area (Å²) in [5, 5.41) is 17.5. The van der Waals surface area contributed by atoms with Crippen LogP contribution in [-0.4, -0.2) is 60.5 Å². The standard InChI is InChI=1S/C29H33F2N7O5/c1-6-20(27(39)41-7-2)24(34-28(40)43-29(3,4)5)13-18-16-38(37-35-18)19-8-9-25(21(30)14-19)42-26-22(31)12-17(15-32-26)23-10-11-33-36-23/h8-12,14-16,20,24H,6-7,13H2,1-5H3,(H,33,36)(H,34,40). The molecule has 43 heavy (non-hydrogen) atoms. The van der Waals surface area contributed by atoms with E-state index in [1.54, 1.807) is 40.0 Å². The molecule has 0 aliphatic heterocycles. The second-order valence-electron chi connectivity index (χ2n) is 10.6. The third-order valence-corrected chi connectivity index (χ3v) is 6.19. The van der Waals surface area contributed by atoms with E-state index >= 15 is 4.39 Å². The second kappa shape index (κ2) is 13.4. The smallest absolute Gasteiger partial charge is 0.407 e. The van der Waals surface area contributed by atoms with Gasteiger partial charge in [-0.05, 0) is 58.4 Å². The van der Waals surface area contributed by atoms with Gasteiger partial charge in [-0.1, -0.05) is 12.1 Å². The molecule has 4 rings (SSSR count). The zero-order valence-electron chi connectivity index (χ0n) is 24.4. The van der Waals surface area contributed by atoms with E-state index in [1.165, 1.54) is 35.3 Å². The number of esters is 1. The SMILES string of the molecule is CCOC(=O)C(CC)C(Cc1cn(-c2ccc(Oc3ncc(-c4ccn[nH]4)cc3F)c(F)c2)nn1)NC(=O)OC(C)(C)C. The first-order chi connectivity index (χ1) is 20.5. The average Bonchev–Trinajstić information content (AvgIpc) is 3.63. The summed E-state index contributed by atoms with van der Waals surface area (Å²) in [6.07, 6.45) is 4.28. The number of aromatic amines is 1. The second-order valence-corrected chi connectivity index (χ2v) is 10.6. The molecule has 12 nitrogen and oxygen atoms in total. The molecule has 0 radical (unpaired) electrons. The number of aromatic nitrogens is 6. The molecule has 14 heteroatoms. The van der Waals surface area contributed by atoms with Gasteiger partial charge in [0.05, 0.1) is 41.8 Å². The molecule has 2 unspecified atom stereocenters. The number of pyridine rings is 1. The molecule has 228 valence electrons. The van der Waals surface area contributed by atoms with Gasteiger partial charge in [-0.25, -0.2) is 23.2 Å². The van der Waals surface area contributed by atoms with E-state index in [2.05, 4.69) is 30.8 Å². The van der Waals surface area contributed by atoms with Crippen molar-refractivity contribution in [2.24, 2.45) is 5.92 Å². The van der Waals surface area contributed by atoms with Crippen LogP contribution in [0.15, 0.2) is 48.9 Å². The Morgan fingerprint density at radius 1 is 1.12 bits per heavy atom. The normalized spacial score (nSPS) is 12.8. The van der Waals surface area contributed by atoms with Gasteiger partial charge in [0.2, 0.25) is 0 Å². The van der Waals surface area contributed by atoms with Gasteiger partial charge < -0.3 is 19.5 Å². The maximum Gasteiger partial charge on any atom is 0.407 e. The van der Waals surface area contributed by atoms with Gasteiger partial charge in [-0.2, -0.15) is 5.10 Å².